The fourth-order valence-corrected chi connectivity index (χ4v) is 1.50. The zero-order valence-electron chi connectivity index (χ0n) is 9.40. The molecule has 0 aliphatic rings. The molecule has 0 aromatic heterocycles. The summed E-state index contributed by atoms with van der Waals surface area (Å²) in [5.74, 6) is -0.809. The minimum atomic E-state index is -0.836. The Morgan fingerprint density at radius 1 is 1.38 bits per heavy atom. The molecule has 0 aliphatic heterocycles. The highest BCUT2D eigenvalue weighted by Gasteiger charge is 2.28. The van der Waals surface area contributed by atoms with E-state index in [1.807, 2.05) is 36.4 Å². The molecule has 0 aliphatic carbocycles. The molecule has 3 heteroatoms. The first kappa shape index (κ1) is 13.0. The lowest BCUT2D eigenvalue weighted by Crippen LogP contribution is -2.28. The van der Waals surface area contributed by atoms with Gasteiger partial charge in [-0.05, 0) is 25.0 Å². The second-order valence-electron chi connectivity index (χ2n) is 4.11. The van der Waals surface area contributed by atoms with E-state index < -0.39 is 11.4 Å². The molecule has 0 radical (unpaired) electrons. The number of alkyl halides is 1. The van der Waals surface area contributed by atoms with Gasteiger partial charge in [0.1, 0.15) is 0 Å². The summed E-state index contributed by atoms with van der Waals surface area (Å²) in [7, 11) is 0. The van der Waals surface area contributed by atoms with Crippen LogP contribution in [0.15, 0.2) is 30.3 Å². The fraction of sp³-hybridized carbons (Fsp3) is 0.308. The lowest BCUT2D eigenvalue weighted by atomic mass is 9.84. The standard InChI is InChI=1S/C13H15BrO2/c1-13(2,12(15)16)11-7-5-10(6-8-11)4-3-9-14/h3-8H,9H2,1-2H3,(H,15,16). The van der Waals surface area contributed by atoms with E-state index in [9.17, 15) is 4.79 Å². The first-order valence-corrected chi connectivity index (χ1v) is 6.17. The fourth-order valence-electron chi connectivity index (χ4n) is 1.31. The number of rotatable bonds is 4. The molecule has 1 aromatic carbocycles. The second-order valence-corrected chi connectivity index (χ2v) is 4.76. The number of carboxylic acids is 1. The van der Waals surface area contributed by atoms with Crippen molar-refractivity contribution in [2.75, 3.05) is 5.33 Å². The van der Waals surface area contributed by atoms with Crippen LogP contribution in [0.1, 0.15) is 25.0 Å². The molecule has 0 atom stereocenters. The highest BCUT2D eigenvalue weighted by Crippen LogP contribution is 2.23. The van der Waals surface area contributed by atoms with Crippen molar-refractivity contribution in [3.8, 4) is 0 Å². The van der Waals surface area contributed by atoms with Crippen molar-refractivity contribution < 1.29 is 9.90 Å². The Kier molecular flexibility index (Phi) is 4.30. The SMILES string of the molecule is CC(C)(C(=O)O)c1ccc(C=CCBr)cc1. The number of carbonyl (C=O) groups is 1. The number of hydrogen-bond donors (Lipinski definition) is 1. The van der Waals surface area contributed by atoms with Crippen LogP contribution in [-0.2, 0) is 10.2 Å². The molecule has 0 fully saturated rings. The molecular weight excluding hydrogens is 268 g/mol. The van der Waals surface area contributed by atoms with Crippen molar-refractivity contribution in [1.29, 1.82) is 0 Å². The minimum Gasteiger partial charge on any atom is -0.481 e. The maximum Gasteiger partial charge on any atom is 0.313 e. The topological polar surface area (TPSA) is 37.3 Å². The average Bonchev–Trinajstić information content (AvgIpc) is 2.26. The summed E-state index contributed by atoms with van der Waals surface area (Å²) in [5.41, 5.74) is 1.05. The van der Waals surface area contributed by atoms with Gasteiger partial charge in [0.2, 0.25) is 0 Å². The van der Waals surface area contributed by atoms with Crippen molar-refractivity contribution in [2.24, 2.45) is 0 Å². The maximum atomic E-state index is 11.1. The van der Waals surface area contributed by atoms with Crippen LogP contribution in [0.25, 0.3) is 6.08 Å². The third-order valence-electron chi connectivity index (χ3n) is 2.57. The van der Waals surface area contributed by atoms with E-state index >= 15 is 0 Å². The quantitative estimate of drug-likeness (QED) is 0.859. The van der Waals surface area contributed by atoms with Gasteiger partial charge in [-0.3, -0.25) is 4.79 Å². The van der Waals surface area contributed by atoms with Crippen LogP contribution in [0.2, 0.25) is 0 Å². The summed E-state index contributed by atoms with van der Waals surface area (Å²) in [6.07, 6.45) is 3.99. The van der Waals surface area contributed by atoms with Gasteiger partial charge in [-0.1, -0.05) is 52.3 Å². The maximum absolute atomic E-state index is 11.1. The zero-order chi connectivity index (χ0) is 12.2. The molecule has 0 unspecified atom stereocenters. The number of benzene rings is 1. The van der Waals surface area contributed by atoms with Gasteiger partial charge in [-0.15, -0.1) is 0 Å². The predicted molar refractivity (Wildman–Crippen MR) is 69.9 cm³/mol. The summed E-state index contributed by atoms with van der Waals surface area (Å²) >= 11 is 3.31. The van der Waals surface area contributed by atoms with Gasteiger partial charge >= 0.3 is 5.97 Å². The molecule has 86 valence electrons. The third kappa shape index (κ3) is 2.95. The molecule has 2 nitrogen and oxygen atoms in total. The van der Waals surface area contributed by atoms with Crippen molar-refractivity contribution in [1.82, 2.24) is 0 Å². The third-order valence-corrected chi connectivity index (χ3v) is 2.94. The molecular formula is C13H15BrO2. The molecule has 0 bridgehead atoms. The summed E-state index contributed by atoms with van der Waals surface area (Å²) in [4.78, 5) is 11.1. The molecule has 0 heterocycles. The Balaban J connectivity index is 2.95. The Labute approximate surface area is 104 Å². The van der Waals surface area contributed by atoms with Crippen molar-refractivity contribution in [2.45, 2.75) is 19.3 Å². The summed E-state index contributed by atoms with van der Waals surface area (Å²) in [5, 5.41) is 9.90. The lowest BCUT2D eigenvalue weighted by molar-refractivity contribution is -0.142. The number of aliphatic carboxylic acids is 1. The molecule has 0 amide bonds. The van der Waals surface area contributed by atoms with Gasteiger partial charge in [0, 0.05) is 5.33 Å². The summed E-state index contributed by atoms with van der Waals surface area (Å²) < 4.78 is 0. The minimum absolute atomic E-state index is 0.809. The van der Waals surface area contributed by atoms with Crippen molar-refractivity contribution in [3.63, 3.8) is 0 Å². The average molecular weight is 283 g/mol. The molecule has 16 heavy (non-hydrogen) atoms. The highest BCUT2D eigenvalue weighted by atomic mass is 79.9. The number of hydrogen-bond acceptors (Lipinski definition) is 1. The predicted octanol–water partition coefficient (Wildman–Crippen LogP) is 3.46. The number of allylic oxidation sites excluding steroid dienone is 1. The highest BCUT2D eigenvalue weighted by molar-refractivity contribution is 9.09. The monoisotopic (exact) mass is 282 g/mol. The Morgan fingerprint density at radius 2 is 1.94 bits per heavy atom. The van der Waals surface area contributed by atoms with Gasteiger partial charge in [-0.2, -0.15) is 0 Å². The molecule has 0 saturated heterocycles. The summed E-state index contributed by atoms with van der Waals surface area (Å²) in [6.45, 7) is 3.41. The zero-order valence-corrected chi connectivity index (χ0v) is 11.0. The molecule has 0 saturated carbocycles. The van der Waals surface area contributed by atoms with Crippen molar-refractivity contribution >= 4 is 28.0 Å². The van der Waals surface area contributed by atoms with E-state index in [2.05, 4.69) is 15.9 Å². The number of carboxylic acid groups (broad SMARTS) is 1. The van der Waals surface area contributed by atoms with Gasteiger partial charge in [0.05, 0.1) is 5.41 Å². The van der Waals surface area contributed by atoms with Crippen LogP contribution < -0.4 is 0 Å². The van der Waals surface area contributed by atoms with Crippen LogP contribution in [0.3, 0.4) is 0 Å². The molecule has 0 spiro atoms. The van der Waals surface area contributed by atoms with Crippen LogP contribution in [0, 0.1) is 0 Å². The van der Waals surface area contributed by atoms with Crippen LogP contribution >= 0.6 is 15.9 Å². The Bertz CT molecular complexity index is 391. The largest absolute Gasteiger partial charge is 0.481 e. The van der Waals surface area contributed by atoms with E-state index in [-0.39, 0.29) is 0 Å². The first-order chi connectivity index (χ1) is 7.48. The van der Waals surface area contributed by atoms with Crippen LogP contribution in [-0.4, -0.2) is 16.4 Å². The normalized spacial score (nSPS) is 11.9. The smallest absolute Gasteiger partial charge is 0.313 e. The van der Waals surface area contributed by atoms with E-state index in [1.165, 1.54) is 0 Å². The molecule has 1 rings (SSSR count). The Hall–Kier alpha value is -1.09. The van der Waals surface area contributed by atoms with E-state index in [4.69, 9.17) is 5.11 Å². The van der Waals surface area contributed by atoms with Gasteiger partial charge in [0.15, 0.2) is 0 Å². The first-order valence-electron chi connectivity index (χ1n) is 5.05. The molecule has 1 aromatic rings. The van der Waals surface area contributed by atoms with Crippen LogP contribution in [0.5, 0.6) is 0 Å². The second kappa shape index (κ2) is 5.30. The van der Waals surface area contributed by atoms with E-state index in [0.29, 0.717) is 0 Å². The van der Waals surface area contributed by atoms with Crippen molar-refractivity contribution in [3.05, 3.63) is 41.5 Å². The van der Waals surface area contributed by atoms with Gasteiger partial charge in [0.25, 0.3) is 0 Å². The summed E-state index contributed by atoms with van der Waals surface area (Å²) in [6, 6.07) is 7.59. The molecule has 1 N–H and O–H groups in total. The van der Waals surface area contributed by atoms with Gasteiger partial charge < -0.3 is 5.11 Å². The lowest BCUT2D eigenvalue weighted by Gasteiger charge is -2.19. The number of halogens is 1. The Morgan fingerprint density at radius 3 is 2.38 bits per heavy atom. The van der Waals surface area contributed by atoms with E-state index in [1.54, 1.807) is 13.8 Å². The van der Waals surface area contributed by atoms with E-state index in [0.717, 1.165) is 16.5 Å². The van der Waals surface area contributed by atoms with Gasteiger partial charge in [-0.25, -0.2) is 0 Å². The van der Waals surface area contributed by atoms with Crippen LogP contribution in [0.4, 0.5) is 0 Å².